The number of rotatable bonds is 8. The van der Waals surface area contributed by atoms with Gasteiger partial charge in [0, 0.05) is 12.7 Å². The van der Waals surface area contributed by atoms with E-state index in [2.05, 4.69) is 11.9 Å². The summed E-state index contributed by atoms with van der Waals surface area (Å²) in [5.41, 5.74) is 0.0894. The first kappa shape index (κ1) is 14.7. The van der Waals surface area contributed by atoms with Crippen LogP contribution in [0.15, 0.2) is 17.3 Å². The summed E-state index contributed by atoms with van der Waals surface area (Å²) in [6, 6.07) is 0. The summed E-state index contributed by atoms with van der Waals surface area (Å²) >= 11 is 2.04. The maximum absolute atomic E-state index is 11.7. The van der Waals surface area contributed by atoms with Gasteiger partial charge in [0.05, 0.1) is 9.90 Å². The lowest BCUT2D eigenvalue weighted by atomic mass is 10.1. The molecule has 0 aliphatic carbocycles. The lowest BCUT2D eigenvalue weighted by molar-refractivity contribution is 0.538. The monoisotopic (exact) mass is 348 g/mol. The molecule has 0 spiro atoms. The Morgan fingerprint density at radius 3 is 2.53 bits per heavy atom. The zero-order chi connectivity index (χ0) is 12.5. The first-order chi connectivity index (χ1) is 8.25. The van der Waals surface area contributed by atoms with Crippen molar-refractivity contribution in [2.75, 3.05) is 0 Å². The van der Waals surface area contributed by atoms with Crippen LogP contribution in [0.2, 0.25) is 0 Å². The number of aryl methyl sites for hydroxylation is 1. The molecule has 3 nitrogen and oxygen atoms in total. The van der Waals surface area contributed by atoms with Crippen molar-refractivity contribution in [3.63, 3.8) is 0 Å². The highest BCUT2D eigenvalue weighted by atomic mass is 127. The first-order valence-electron chi connectivity index (χ1n) is 6.45. The van der Waals surface area contributed by atoms with Crippen LogP contribution in [0.3, 0.4) is 0 Å². The largest absolute Gasteiger partial charge is 0.298 e. The fraction of sp³-hybridized carbons (Fsp3) is 0.692. The van der Waals surface area contributed by atoms with Crippen LogP contribution in [0.5, 0.6) is 0 Å². The van der Waals surface area contributed by atoms with Crippen LogP contribution in [-0.2, 0) is 6.54 Å². The van der Waals surface area contributed by atoms with Gasteiger partial charge in [-0.2, -0.15) is 0 Å². The minimum Gasteiger partial charge on any atom is -0.298 e. The van der Waals surface area contributed by atoms with Gasteiger partial charge < -0.3 is 0 Å². The van der Waals surface area contributed by atoms with E-state index in [9.17, 15) is 4.79 Å². The molecule has 1 aromatic rings. The van der Waals surface area contributed by atoms with Crippen LogP contribution in [-0.4, -0.2) is 9.55 Å². The minimum absolute atomic E-state index is 0.0894. The van der Waals surface area contributed by atoms with Gasteiger partial charge >= 0.3 is 0 Å². The molecule has 0 amide bonds. The second kappa shape index (κ2) is 8.66. The number of hydrogen-bond acceptors (Lipinski definition) is 2. The summed E-state index contributed by atoms with van der Waals surface area (Å²) in [6.07, 6.45) is 12.1. The first-order valence-corrected chi connectivity index (χ1v) is 7.53. The summed E-state index contributed by atoms with van der Waals surface area (Å²) in [5.74, 6) is 0. The number of hydrogen-bond donors (Lipinski definition) is 0. The van der Waals surface area contributed by atoms with E-state index in [1.54, 1.807) is 17.1 Å². The van der Waals surface area contributed by atoms with Crippen molar-refractivity contribution < 1.29 is 0 Å². The summed E-state index contributed by atoms with van der Waals surface area (Å²) in [6.45, 7) is 3.03. The van der Waals surface area contributed by atoms with Gasteiger partial charge in [-0.15, -0.1) is 0 Å². The Labute approximate surface area is 117 Å². The third-order valence-electron chi connectivity index (χ3n) is 2.86. The molecule has 0 radical (unpaired) electrons. The van der Waals surface area contributed by atoms with Crippen LogP contribution in [0.4, 0.5) is 0 Å². The number of aromatic nitrogens is 2. The number of unbranched alkanes of at least 4 members (excludes halogenated alkanes) is 6. The molecule has 0 aliphatic rings. The van der Waals surface area contributed by atoms with Crippen molar-refractivity contribution in [1.29, 1.82) is 0 Å². The van der Waals surface area contributed by atoms with Crippen LogP contribution < -0.4 is 5.56 Å². The molecule has 96 valence electrons. The SMILES string of the molecule is CCCCCCCCCn1cncc(I)c1=O. The van der Waals surface area contributed by atoms with Crippen LogP contribution in [0.1, 0.15) is 51.9 Å². The highest BCUT2D eigenvalue weighted by Crippen LogP contribution is 2.07. The quantitative estimate of drug-likeness (QED) is 0.532. The Hall–Kier alpha value is -0.390. The van der Waals surface area contributed by atoms with E-state index in [1.807, 2.05) is 22.6 Å². The fourth-order valence-corrected chi connectivity index (χ4v) is 2.29. The van der Waals surface area contributed by atoms with Crippen LogP contribution in [0.25, 0.3) is 0 Å². The lowest BCUT2D eigenvalue weighted by Gasteiger charge is -2.05. The Kier molecular flexibility index (Phi) is 7.48. The zero-order valence-corrected chi connectivity index (χ0v) is 12.6. The normalized spacial score (nSPS) is 10.7. The van der Waals surface area contributed by atoms with E-state index < -0.39 is 0 Å². The molecule has 0 aliphatic heterocycles. The molecule has 0 saturated carbocycles. The van der Waals surface area contributed by atoms with Gasteiger partial charge in [-0.1, -0.05) is 45.4 Å². The van der Waals surface area contributed by atoms with E-state index >= 15 is 0 Å². The van der Waals surface area contributed by atoms with Crippen molar-refractivity contribution in [2.24, 2.45) is 0 Å². The minimum atomic E-state index is 0.0894. The van der Waals surface area contributed by atoms with E-state index in [-0.39, 0.29) is 5.56 Å². The molecule has 0 atom stereocenters. The highest BCUT2D eigenvalue weighted by molar-refractivity contribution is 14.1. The topological polar surface area (TPSA) is 34.9 Å². The molecule has 0 aromatic carbocycles. The van der Waals surface area contributed by atoms with Gasteiger partial charge in [-0.3, -0.25) is 9.36 Å². The molecule has 0 fully saturated rings. The maximum Gasteiger partial charge on any atom is 0.266 e. The Morgan fingerprint density at radius 2 is 1.82 bits per heavy atom. The molecule has 0 unspecified atom stereocenters. The molecular weight excluding hydrogens is 327 g/mol. The van der Waals surface area contributed by atoms with Crippen molar-refractivity contribution in [2.45, 2.75) is 58.4 Å². The zero-order valence-electron chi connectivity index (χ0n) is 10.5. The van der Waals surface area contributed by atoms with Gasteiger partial charge in [-0.25, -0.2) is 4.98 Å². The van der Waals surface area contributed by atoms with Crippen LogP contribution in [0, 0.1) is 3.57 Å². The summed E-state index contributed by atoms with van der Waals surface area (Å²) in [5, 5.41) is 0. The summed E-state index contributed by atoms with van der Waals surface area (Å²) in [7, 11) is 0. The van der Waals surface area contributed by atoms with Crippen LogP contribution >= 0.6 is 22.6 Å². The van der Waals surface area contributed by atoms with Gasteiger partial charge in [0.25, 0.3) is 5.56 Å². The van der Waals surface area contributed by atoms with Gasteiger partial charge in [-0.05, 0) is 29.0 Å². The smallest absolute Gasteiger partial charge is 0.266 e. The van der Waals surface area contributed by atoms with E-state index in [0.29, 0.717) is 3.57 Å². The average Bonchev–Trinajstić information content (AvgIpc) is 2.33. The Balaban J connectivity index is 2.18. The van der Waals surface area contributed by atoms with Gasteiger partial charge in [0.1, 0.15) is 0 Å². The number of halogens is 1. The third kappa shape index (κ3) is 5.66. The molecule has 0 saturated heterocycles. The van der Waals surface area contributed by atoms with E-state index in [1.165, 1.54) is 38.5 Å². The van der Waals surface area contributed by atoms with Gasteiger partial charge in [0.15, 0.2) is 0 Å². The predicted molar refractivity (Wildman–Crippen MR) is 79.2 cm³/mol. The molecule has 17 heavy (non-hydrogen) atoms. The Bertz CT molecular complexity index is 376. The average molecular weight is 348 g/mol. The standard InChI is InChI=1S/C13H21IN2O/c1-2-3-4-5-6-7-8-9-16-11-15-10-12(14)13(16)17/h10-11H,2-9H2,1H3. The molecular formula is C13H21IN2O. The molecule has 0 N–H and O–H groups in total. The second-order valence-corrected chi connectivity index (χ2v) is 5.52. The molecule has 0 bridgehead atoms. The second-order valence-electron chi connectivity index (χ2n) is 4.36. The molecule has 1 rings (SSSR count). The van der Waals surface area contributed by atoms with Crippen molar-refractivity contribution >= 4 is 22.6 Å². The lowest BCUT2D eigenvalue weighted by Crippen LogP contribution is -2.22. The summed E-state index contributed by atoms with van der Waals surface area (Å²) in [4.78, 5) is 15.7. The highest BCUT2D eigenvalue weighted by Gasteiger charge is 1.99. The molecule has 4 heteroatoms. The van der Waals surface area contributed by atoms with E-state index in [4.69, 9.17) is 0 Å². The fourth-order valence-electron chi connectivity index (χ4n) is 1.82. The van der Waals surface area contributed by atoms with Crippen molar-refractivity contribution in [3.05, 3.63) is 26.4 Å². The van der Waals surface area contributed by atoms with Crippen molar-refractivity contribution in [1.82, 2.24) is 9.55 Å². The third-order valence-corrected chi connectivity index (χ3v) is 3.60. The maximum atomic E-state index is 11.7. The molecule has 1 aromatic heterocycles. The predicted octanol–water partition coefficient (Wildman–Crippen LogP) is 3.60. The van der Waals surface area contributed by atoms with E-state index in [0.717, 1.165) is 13.0 Å². The summed E-state index contributed by atoms with van der Waals surface area (Å²) < 4.78 is 2.42. The molecule has 1 heterocycles. The Morgan fingerprint density at radius 1 is 1.18 bits per heavy atom. The number of nitrogens with zero attached hydrogens (tertiary/aromatic N) is 2. The van der Waals surface area contributed by atoms with Crippen molar-refractivity contribution in [3.8, 4) is 0 Å². The van der Waals surface area contributed by atoms with Gasteiger partial charge in [0.2, 0.25) is 0 Å².